The van der Waals surface area contributed by atoms with Gasteiger partial charge in [0.15, 0.2) is 0 Å². The Morgan fingerprint density at radius 1 is 0.929 bits per heavy atom. The molecule has 1 N–H and O–H groups in total. The number of nitrogens with zero attached hydrogens (tertiary/aromatic N) is 3. The molecule has 1 aliphatic rings. The zero-order valence-corrected chi connectivity index (χ0v) is 8.92. The quantitative estimate of drug-likeness (QED) is 0.614. The third-order valence-corrected chi connectivity index (χ3v) is 7.37. The van der Waals surface area contributed by atoms with Crippen LogP contribution in [0.2, 0.25) is 0 Å². The minimum absolute atomic E-state index is 0.510. The predicted molar refractivity (Wildman–Crippen MR) is 47.1 cm³/mol. The standard InChI is InChI=1S/C2H3F3N3O3P3/c3-12(1-9)6-13(4,2-10)8-14(5,11)7-12/h1-2,11H. The fraction of sp³-hybridized carbons (Fsp3) is 0. The van der Waals surface area contributed by atoms with Gasteiger partial charge in [-0.15, -0.1) is 0 Å². The second kappa shape index (κ2) is 3.42. The van der Waals surface area contributed by atoms with Gasteiger partial charge in [-0.05, 0) is 0 Å². The van der Waals surface area contributed by atoms with Crippen molar-refractivity contribution in [3.05, 3.63) is 0 Å². The summed E-state index contributed by atoms with van der Waals surface area (Å²) in [5.41, 5.74) is 0. The molecule has 0 saturated heterocycles. The Bertz CT molecular complexity index is 438. The van der Waals surface area contributed by atoms with E-state index in [4.69, 9.17) is 4.89 Å². The van der Waals surface area contributed by atoms with Crippen LogP contribution in [0.25, 0.3) is 0 Å². The zero-order valence-electron chi connectivity index (χ0n) is 6.24. The molecule has 0 spiro atoms. The van der Waals surface area contributed by atoms with Crippen molar-refractivity contribution in [1.82, 2.24) is 0 Å². The summed E-state index contributed by atoms with van der Waals surface area (Å²) in [5.74, 6) is 0. The topological polar surface area (TPSA) is 91.5 Å². The van der Waals surface area contributed by atoms with Crippen LogP contribution in [0.4, 0.5) is 12.6 Å². The maximum Gasteiger partial charge on any atom is 0.382 e. The van der Waals surface area contributed by atoms with E-state index in [2.05, 4.69) is 13.5 Å². The van der Waals surface area contributed by atoms with Gasteiger partial charge in [0.05, 0.1) is 0 Å². The van der Waals surface area contributed by atoms with Gasteiger partial charge in [0.25, 0.3) is 0 Å². The molecule has 0 aliphatic carbocycles. The summed E-state index contributed by atoms with van der Waals surface area (Å²) >= 11 is 0. The van der Waals surface area contributed by atoms with Gasteiger partial charge in [-0.25, -0.2) is 0 Å². The fourth-order valence-electron chi connectivity index (χ4n) is 0.633. The first-order valence-corrected chi connectivity index (χ1v) is 7.74. The molecule has 6 nitrogen and oxygen atoms in total. The van der Waals surface area contributed by atoms with E-state index in [9.17, 15) is 22.2 Å². The number of carbonyl (C=O) groups excluding carboxylic acids is 2. The van der Waals surface area contributed by atoms with Crippen LogP contribution in [0.5, 0.6) is 0 Å². The Balaban J connectivity index is 3.60. The molecule has 3 atom stereocenters. The van der Waals surface area contributed by atoms with Crippen molar-refractivity contribution in [2.24, 2.45) is 13.5 Å². The lowest BCUT2D eigenvalue weighted by Gasteiger charge is -2.14. The van der Waals surface area contributed by atoms with Crippen molar-refractivity contribution in [2.75, 3.05) is 0 Å². The molecule has 0 amide bonds. The van der Waals surface area contributed by atoms with E-state index in [1.54, 1.807) is 0 Å². The van der Waals surface area contributed by atoms with Crippen LogP contribution < -0.4 is 0 Å². The Hall–Kier alpha value is -0.220. The average Bonchev–Trinajstić information content (AvgIpc) is 2.00. The van der Waals surface area contributed by atoms with Gasteiger partial charge in [0.2, 0.25) is 12.1 Å². The Labute approximate surface area is 76.3 Å². The minimum atomic E-state index is -5.07. The van der Waals surface area contributed by atoms with Crippen LogP contribution in [0.1, 0.15) is 0 Å². The summed E-state index contributed by atoms with van der Waals surface area (Å²) in [4.78, 5) is 28.8. The van der Waals surface area contributed by atoms with Gasteiger partial charge in [0, 0.05) is 0 Å². The molecule has 12 heteroatoms. The van der Waals surface area contributed by atoms with Crippen molar-refractivity contribution in [1.29, 1.82) is 0 Å². The number of halogens is 3. The van der Waals surface area contributed by atoms with E-state index in [1.807, 2.05) is 0 Å². The third kappa shape index (κ3) is 2.42. The molecule has 0 aromatic heterocycles. The second-order valence-electron chi connectivity index (χ2n) is 2.11. The molecule has 0 saturated carbocycles. The molecule has 0 aromatic carbocycles. The lowest BCUT2D eigenvalue weighted by Crippen LogP contribution is -1.81. The number of hydrogen-bond donors (Lipinski definition) is 1. The van der Waals surface area contributed by atoms with Crippen molar-refractivity contribution in [2.45, 2.75) is 0 Å². The molecule has 14 heavy (non-hydrogen) atoms. The largest absolute Gasteiger partial charge is 0.382 e. The molecule has 80 valence electrons. The van der Waals surface area contributed by atoms with Crippen molar-refractivity contribution in [3.63, 3.8) is 0 Å². The summed E-state index contributed by atoms with van der Waals surface area (Å²) < 4.78 is 46.2. The van der Waals surface area contributed by atoms with E-state index in [0.717, 1.165) is 0 Å². The van der Waals surface area contributed by atoms with Crippen molar-refractivity contribution in [3.8, 4) is 0 Å². The van der Waals surface area contributed by atoms with Gasteiger partial charge in [-0.2, -0.15) is 26.1 Å². The predicted octanol–water partition coefficient (Wildman–Crippen LogP) is 3.29. The highest BCUT2D eigenvalue weighted by atomic mass is 31.3. The number of hydrogen-bond acceptors (Lipinski definition) is 5. The third-order valence-electron chi connectivity index (χ3n) is 0.998. The molecule has 0 bridgehead atoms. The van der Waals surface area contributed by atoms with Crippen molar-refractivity contribution < 1.29 is 27.1 Å². The molecular weight excluding hydrogens is 264 g/mol. The van der Waals surface area contributed by atoms with Gasteiger partial charge >= 0.3 is 22.8 Å². The smallest absolute Gasteiger partial charge is 0.319 e. The molecule has 1 rings (SSSR count). The SMILES string of the molecule is O=CP1(F)=NP(O)(F)=NP(F)(C=O)=N1. The van der Waals surface area contributed by atoms with Crippen LogP contribution in [-0.2, 0) is 9.59 Å². The fourth-order valence-corrected chi connectivity index (χ4v) is 6.66. The van der Waals surface area contributed by atoms with Gasteiger partial charge in [0.1, 0.15) is 0 Å². The van der Waals surface area contributed by atoms with Crippen LogP contribution in [0.3, 0.4) is 0 Å². The van der Waals surface area contributed by atoms with Crippen molar-refractivity contribution >= 4 is 34.8 Å². The molecule has 1 heterocycles. The monoisotopic (exact) mass is 267 g/mol. The second-order valence-corrected chi connectivity index (χ2v) is 7.95. The number of rotatable bonds is 2. The maximum absolute atomic E-state index is 13.1. The summed E-state index contributed by atoms with van der Waals surface area (Å²) in [6.45, 7) is 0. The summed E-state index contributed by atoms with van der Waals surface area (Å²) in [5, 5.41) is 0. The lowest BCUT2D eigenvalue weighted by atomic mass is 11.8. The Kier molecular flexibility index (Phi) is 2.89. The molecular formula is C2H3F3N3O3P3. The van der Waals surface area contributed by atoms with Gasteiger partial charge < -0.3 is 4.89 Å². The Morgan fingerprint density at radius 3 is 1.79 bits per heavy atom. The van der Waals surface area contributed by atoms with Gasteiger partial charge in [-0.3, -0.25) is 9.59 Å². The number of carbonyl (C=O) groups is 2. The summed E-state index contributed by atoms with van der Waals surface area (Å²) in [6.07, 6.45) is 0. The van der Waals surface area contributed by atoms with Gasteiger partial charge in [-0.1, -0.05) is 0 Å². The van der Waals surface area contributed by atoms with Crippen LogP contribution >= 0.6 is 22.8 Å². The first kappa shape index (κ1) is 11.9. The van der Waals surface area contributed by atoms with E-state index >= 15 is 0 Å². The highest BCUT2D eigenvalue weighted by molar-refractivity contribution is 7.91. The highest BCUT2D eigenvalue weighted by Crippen LogP contribution is 2.77. The molecule has 0 fully saturated rings. The van der Waals surface area contributed by atoms with Crippen LogP contribution in [-0.4, -0.2) is 16.9 Å². The minimum Gasteiger partial charge on any atom is -0.319 e. The summed E-state index contributed by atoms with van der Waals surface area (Å²) in [7, 11) is -14.6. The van der Waals surface area contributed by atoms with Crippen LogP contribution in [0.15, 0.2) is 13.5 Å². The first-order valence-electron chi connectivity index (χ1n) is 2.89. The Morgan fingerprint density at radius 2 is 1.36 bits per heavy atom. The molecule has 3 unspecified atom stereocenters. The normalized spacial score (nSPS) is 46.9. The molecule has 0 radical (unpaired) electrons. The van der Waals surface area contributed by atoms with E-state index in [-0.39, 0.29) is 0 Å². The highest BCUT2D eigenvalue weighted by Gasteiger charge is 2.36. The zero-order chi connectivity index (χ0) is 11.0. The summed E-state index contributed by atoms with van der Waals surface area (Å²) in [6, 6.07) is -1.02. The van der Waals surface area contributed by atoms with E-state index in [0.29, 0.717) is 0 Å². The molecule has 0 aromatic rings. The molecule has 1 aliphatic heterocycles. The van der Waals surface area contributed by atoms with Crippen LogP contribution in [0, 0.1) is 0 Å². The maximum atomic E-state index is 13.1. The first-order chi connectivity index (χ1) is 6.24. The van der Waals surface area contributed by atoms with E-state index < -0.39 is 34.8 Å². The lowest BCUT2D eigenvalue weighted by molar-refractivity contribution is 0.550. The average molecular weight is 267 g/mol. The van der Waals surface area contributed by atoms with E-state index in [1.165, 1.54) is 0 Å².